The van der Waals surface area contributed by atoms with Gasteiger partial charge in [0.15, 0.2) is 23.1 Å². The maximum Gasteiger partial charge on any atom is 0.222 e. The summed E-state index contributed by atoms with van der Waals surface area (Å²) in [7, 11) is 3.21. The van der Waals surface area contributed by atoms with Gasteiger partial charge in [-0.1, -0.05) is 6.07 Å². The summed E-state index contributed by atoms with van der Waals surface area (Å²) in [5.74, 6) is 2.24. The predicted octanol–water partition coefficient (Wildman–Crippen LogP) is 2.01. The molecule has 0 saturated heterocycles. The van der Waals surface area contributed by atoms with Gasteiger partial charge < -0.3 is 25.7 Å². The number of hydrogen-bond acceptors (Lipinski definition) is 7. The lowest BCUT2D eigenvalue weighted by Gasteiger charge is -2.12. The monoisotopic (exact) mass is 340 g/mol. The molecule has 0 spiro atoms. The molecule has 0 fully saturated rings. The van der Waals surface area contributed by atoms with Crippen LogP contribution in [0.1, 0.15) is 11.3 Å². The van der Waals surface area contributed by atoms with E-state index in [0.29, 0.717) is 36.0 Å². The third-order valence-electron chi connectivity index (χ3n) is 3.16. The number of hydrogen-bond donors (Lipinski definition) is 2. The van der Waals surface area contributed by atoms with Crippen molar-refractivity contribution < 1.29 is 14.2 Å². The van der Waals surface area contributed by atoms with Gasteiger partial charge in [-0.15, -0.1) is 12.4 Å². The van der Waals surface area contributed by atoms with E-state index < -0.39 is 0 Å². The van der Waals surface area contributed by atoms with Gasteiger partial charge in [-0.2, -0.15) is 4.98 Å². The number of nitrogens with two attached hydrogens (primary N) is 2. The number of rotatable bonds is 6. The van der Waals surface area contributed by atoms with Gasteiger partial charge in [-0.25, -0.2) is 4.98 Å². The number of nitrogens with zero attached hydrogens (tertiary/aromatic N) is 2. The molecule has 0 amide bonds. The zero-order valence-electron chi connectivity index (χ0n) is 13.3. The van der Waals surface area contributed by atoms with Crippen LogP contribution in [0.4, 0.5) is 11.8 Å². The summed E-state index contributed by atoms with van der Waals surface area (Å²) in [5.41, 5.74) is 13.0. The first-order valence-corrected chi connectivity index (χ1v) is 6.78. The van der Waals surface area contributed by atoms with Gasteiger partial charge in [0.2, 0.25) is 5.95 Å². The summed E-state index contributed by atoms with van der Waals surface area (Å²) in [6, 6.07) is 5.73. The predicted molar refractivity (Wildman–Crippen MR) is 91.6 cm³/mol. The summed E-state index contributed by atoms with van der Waals surface area (Å²) >= 11 is 0. The Balaban J connectivity index is 0.00000264. The lowest BCUT2D eigenvalue weighted by molar-refractivity contribution is 0.318. The van der Waals surface area contributed by atoms with Crippen LogP contribution < -0.4 is 25.7 Å². The fourth-order valence-corrected chi connectivity index (χ4v) is 2.09. The Morgan fingerprint density at radius 2 is 1.74 bits per heavy atom. The number of anilines is 2. The highest BCUT2D eigenvalue weighted by Crippen LogP contribution is 2.28. The average molecular weight is 341 g/mol. The molecule has 1 aromatic carbocycles. The Labute approximate surface area is 141 Å². The topological polar surface area (TPSA) is 106 Å². The molecule has 0 saturated carbocycles. The van der Waals surface area contributed by atoms with E-state index in [2.05, 4.69) is 9.97 Å². The van der Waals surface area contributed by atoms with Crippen LogP contribution in [0.5, 0.6) is 17.2 Å². The van der Waals surface area contributed by atoms with E-state index in [-0.39, 0.29) is 24.2 Å². The minimum atomic E-state index is 0. The molecule has 0 radical (unpaired) electrons. The highest BCUT2D eigenvalue weighted by Gasteiger charge is 2.10. The first kappa shape index (κ1) is 18.6. The van der Waals surface area contributed by atoms with Gasteiger partial charge in [0.1, 0.15) is 0 Å². The third-order valence-corrected chi connectivity index (χ3v) is 3.16. The van der Waals surface area contributed by atoms with Crippen LogP contribution in [-0.4, -0.2) is 30.8 Å². The Kier molecular flexibility index (Phi) is 6.71. The largest absolute Gasteiger partial charge is 0.493 e. The van der Waals surface area contributed by atoms with Crippen LogP contribution in [-0.2, 0) is 6.42 Å². The van der Waals surface area contributed by atoms with Crippen molar-refractivity contribution in [2.24, 2.45) is 0 Å². The molecule has 126 valence electrons. The SMILES string of the molecule is COc1ccc(CCOc2c(C)nc(N)nc2N)cc1OC.Cl. The normalized spacial score (nSPS) is 9.87. The quantitative estimate of drug-likeness (QED) is 0.828. The Hall–Kier alpha value is -2.41. The molecule has 23 heavy (non-hydrogen) atoms. The molecule has 7 nitrogen and oxygen atoms in total. The summed E-state index contributed by atoms with van der Waals surface area (Å²) in [6.07, 6.45) is 0.684. The highest BCUT2D eigenvalue weighted by molar-refractivity contribution is 5.85. The number of halogens is 1. The van der Waals surface area contributed by atoms with Gasteiger partial charge in [-0.05, 0) is 24.6 Å². The summed E-state index contributed by atoms with van der Waals surface area (Å²) in [5, 5.41) is 0. The molecule has 0 atom stereocenters. The first-order valence-electron chi connectivity index (χ1n) is 6.78. The standard InChI is InChI=1S/C15H20N4O3.ClH/c1-9-13(14(16)19-15(17)18-9)22-7-6-10-4-5-11(20-2)12(8-10)21-3;/h4-5,8H,6-7H2,1-3H3,(H4,16,17,18,19);1H. The van der Waals surface area contributed by atoms with Crippen molar-refractivity contribution in [2.75, 3.05) is 32.3 Å². The van der Waals surface area contributed by atoms with E-state index >= 15 is 0 Å². The second kappa shape index (κ2) is 8.28. The van der Waals surface area contributed by atoms with Crippen LogP contribution in [0.2, 0.25) is 0 Å². The number of benzene rings is 1. The van der Waals surface area contributed by atoms with Crippen LogP contribution in [0.15, 0.2) is 18.2 Å². The van der Waals surface area contributed by atoms with E-state index in [0.717, 1.165) is 5.56 Å². The highest BCUT2D eigenvalue weighted by atomic mass is 35.5. The minimum Gasteiger partial charge on any atom is -0.493 e. The minimum absolute atomic E-state index is 0. The molecular formula is C15H21ClN4O3. The summed E-state index contributed by atoms with van der Waals surface area (Å²) < 4.78 is 16.2. The molecule has 8 heteroatoms. The van der Waals surface area contributed by atoms with Crippen molar-refractivity contribution in [3.8, 4) is 17.2 Å². The molecule has 0 aliphatic rings. The first-order chi connectivity index (χ1) is 10.5. The number of nitrogen functional groups attached to an aromatic ring is 2. The van der Waals surface area contributed by atoms with Crippen LogP contribution >= 0.6 is 12.4 Å². The molecule has 0 bridgehead atoms. The Bertz CT molecular complexity index is 644. The molecule has 0 aliphatic heterocycles. The van der Waals surface area contributed by atoms with Gasteiger partial charge in [0.25, 0.3) is 0 Å². The van der Waals surface area contributed by atoms with Crippen molar-refractivity contribution in [1.29, 1.82) is 0 Å². The van der Waals surface area contributed by atoms with Crippen LogP contribution in [0, 0.1) is 6.92 Å². The van der Waals surface area contributed by atoms with Crippen LogP contribution in [0.3, 0.4) is 0 Å². The molecule has 1 aromatic heterocycles. The maximum absolute atomic E-state index is 5.79. The second-order valence-corrected chi connectivity index (χ2v) is 4.67. The van der Waals surface area contributed by atoms with E-state index in [4.69, 9.17) is 25.7 Å². The summed E-state index contributed by atoms with van der Waals surface area (Å²) in [4.78, 5) is 7.93. The maximum atomic E-state index is 5.79. The molecule has 2 aromatic rings. The van der Waals surface area contributed by atoms with Gasteiger partial charge >= 0.3 is 0 Å². The molecule has 1 heterocycles. The number of ether oxygens (including phenoxy) is 3. The van der Waals surface area contributed by atoms with Crippen molar-refractivity contribution in [3.63, 3.8) is 0 Å². The average Bonchev–Trinajstić information content (AvgIpc) is 2.49. The molecule has 2 rings (SSSR count). The lowest BCUT2D eigenvalue weighted by Crippen LogP contribution is -2.09. The molecule has 4 N–H and O–H groups in total. The molecule has 0 aliphatic carbocycles. The van der Waals surface area contributed by atoms with E-state index in [1.807, 2.05) is 18.2 Å². The number of aryl methyl sites for hydroxylation is 1. The van der Waals surface area contributed by atoms with E-state index in [1.165, 1.54) is 0 Å². The summed E-state index contributed by atoms with van der Waals surface area (Å²) in [6.45, 7) is 2.22. The Morgan fingerprint density at radius 3 is 2.35 bits per heavy atom. The van der Waals surface area contributed by atoms with Gasteiger partial charge in [-0.3, -0.25) is 0 Å². The molecule has 0 unspecified atom stereocenters. The van der Waals surface area contributed by atoms with Gasteiger partial charge in [0.05, 0.1) is 26.5 Å². The van der Waals surface area contributed by atoms with Gasteiger partial charge in [0, 0.05) is 6.42 Å². The van der Waals surface area contributed by atoms with Crippen molar-refractivity contribution in [2.45, 2.75) is 13.3 Å². The van der Waals surface area contributed by atoms with Crippen molar-refractivity contribution in [3.05, 3.63) is 29.5 Å². The van der Waals surface area contributed by atoms with Crippen LogP contribution in [0.25, 0.3) is 0 Å². The number of aromatic nitrogens is 2. The van der Waals surface area contributed by atoms with E-state index in [1.54, 1.807) is 21.1 Å². The zero-order chi connectivity index (χ0) is 16.1. The number of methoxy groups -OCH3 is 2. The fourth-order valence-electron chi connectivity index (χ4n) is 2.09. The molecular weight excluding hydrogens is 320 g/mol. The third kappa shape index (κ3) is 4.53. The smallest absolute Gasteiger partial charge is 0.222 e. The fraction of sp³-hybridized carbons (Fsp3) is 0.333. The Morgan fingerprint density at radius 1 is 1.04 bits per heavy atom. The van der Waals surface area contributed by atoms with Crippen molar-refractivity contribution >= 4 is 24.2 Å². The lowest BCUT2D eigenvalue weighted by atomic mass is 10.1. The second-order valence-electron chi connectivity index (χ2n) is 4.67. The zero-order valence-corrected chi connectivity index (χ0v) is 14.1. The van der Waals surface area contributed by atoms with E-state index in [9.17, 15) is 0 Å². The van der Waals surface area contributed by atoms with Crippen molar-refractivity contribution in [1.82, 2.24) is 9.97 Å².